The fourth-order valence-corrected chi connectivity index (χ4v) is 5.73. The van der Waals surface area contributed by atoms with Gasteiger partial charge in [0.25, 0.3) is 0 Å². The SMILES string of the molecule is O=C(OC1CCCCC1[Se]c1ccccc1)c1cccc(Cl)c1. The van der Waals surface area contributed by atoms with Crippen molar-refractivity contribution >= 4 is 37.0 Å². The Morgan fingerprint density at radius 3 is 2.61 bits per heavy atom. The van der Waals surface area contributed by atoms with Gasteiger partial charge in [0.1, 0.15) is 0 Å². The Bertz CT molecular complexity index is 659. The topological polar surface area (TPSA) is 26.3 Å². The Kier molecular flexibility index (Phi) is 5.77. The molecule has 2 unspecified atom stereocenters. The van der Waals surface area contributed by atoms with Gasteiger partial charge in [-0.15, -0.1) is 0 Å². The van der Waals surface area contributed by atoms with E-state index >= 15 is 0 Å². The van der Waals surface area contributed by atoms with Crippen molar-refractivity contribution in [3.05, 3.63) is 65.2 Å². The summed E-state index contributed by atoms with van der Waals surface area (Å²) in [6, 6.07) is 17.5. The van der Waals surface area contributed by atoms with Crippen molar-refractivity contribution in [1.82, 2.24) is 0 Å². The van der Waals surface area contributed by atoms with E-state index in [2.05, 4.69) is 24.3 Å². The quantitative estimate of drug-likeness (QED) is 0.573. The van der Waals surface area contributed by atoms with Crippen molar-refractivity contribution < 1.29 is 9.53 Å². The molecule has 2 atom stereocenters. The first-order chi connectivity index (χ1) is 11.2. The summed E-state index contributed by atoms with van der Waals surface area (Å²) in [4.78, 5) is 12.8. The van der Waals surface area contributed by atoms with E-state index in [1.165, 1.54) is 10.9 Å². The first-order valence-electron chi connectivity index (χ1n) is 7.90. The molecule has 3 rings (SSSR count). The Hall–Kier alpha value is -1.28. The summed E-state index contributed by atoms with van der Waals surface area (Å²) >= 11 is 6.30. The zero-order chi connectivity index (χ0) is 16.1. The minimum atomic E-state index is -0.256. The molecule has 0 aliphatic heterocycles. The van der Waals surface area contributed by atoms with Crippen LogP contribution in [0.2, 0.25) is 9.84 Å². The summed E-state index contributed by atoms with van der Waals surface area (Å²) in [5, 5.41) is 0.563. The van der Waals surface area contributed by atoms with Crippen LogP contribution in [0.3, 0.4) is 0 Å². The van der Waals surface area contributed by atoms with Gasteiger partial charge in [-0.05, 0) is 0 Å². The summed E-state index contributed by atoms with van der Waals surface area (Å²) in [7, 11) is 0. The predicted octanol–water partition coefficient (Wildman–Crippen LogP) is 4.26. The molecular weight excluding hydrogens is 375 g/mol. The summed E-state index contributed by atoms with van der Waals surface area (Å²) in [5.41, 5.74) is 0.536. The Morgan fingerprint density at radius 2 is 1.83 bits per heavy atom. The molecule has 2 aromatic carbocycles. The number of hydrogen-bond acceptors (Lipinski definition) is 2. The molecule has 4 heteroatoms. The molecule has 23 heavy (non-hydrogen) atoms. The second-order valence-corrected chi connectivity index (χ2v) is 8.90. The second-order valence-electron chi connectivity index (χ2n) is 5.71. The molecule has 2 nitrogen and oxygen atoms in total. The molecule has 0 spiro atoms. The normalized spacial score (nSPS) is 20.9. The summed E-state index contributed by atoms with van der Waals surface area (Å²) in [5.74, 6) is -0.256. The van der Waals surface area contributed by atoms with Crippen LogP contribution in [0.4, 0.5) is 0 Å². The van der Waals surface area contributed by atoms with Gasteiger partial charge in [0.15, 0.2) is 0 Å². The van der Waals surface area contributed by atoms with Crippen LogP contribution in [0.1, 0.15) is 36.0 Å². The van der Waals surface area contributed by atoms with Gasteiger partial charge >= 0.3 is 148 Å². The van der Waals surface area contributed by atoms with E-state index in [1.807, 2.05) is 6.07 Å². The van der Waals surface area contributed by atoms with E-state index < -0.39 is 0 Å². The molecule has 0 radical (unpaired) electrons. The van der Waals surface area contributed by atoms with Crippen molar-refractivity contribution in [2.24, 2.45) is 0 Å². The number of hydrogen-bond donors (Lipinski definition) is 0. The summed E-state index contributed by atoms with van der Waals surface area (Å²) in [6.07, 6.45) is 4.49. The molecule has 120 valence electrons. The minimum absolute atomic E-state index is 0.0236. The number of esters is 1. The van der Waals surface area contributed by atoms with E-state index in [1.54, 1.807) is 24.3 Å². The standard InChI is InChI=1S/C19H19ClO2Se/c20-15-8-6-7-14(13-15)19(21)22-17-11-4-5-12-18(17)23-16-9-2-1-3-10-16/h1-3,6-10,13,17-18H,4-5,11-12H2. The molecule has 1 aliphatic rings. The number of carbonyl (C=O) groups excluding carboxylic acids is 1. The summed E-state index contributed by atoms with van der Waals surface area (Å²) in [6.45, 7) is 0. The average Bonchev–Trinajstić information content (AvgIpc) is 2.57. The van der Waals surface area contributed by atoms with Gasteiger partial charge in [-0.25, -0.2) is 0 Å². The van der Waals surface area contributed by atoms with Crippen LogP contribution in [-0.4, -0.2) is 27.0 Å². The second kappa shape index (κ2) is 8.01. The number of rotatable bonds is 4. The number of carbonyl (C=O) groups is 1. The third-order valence-corrected chi connectivity index (χ3v) is 7.14. The van der Waals surface area contributed by atoms with Crippen molar-refractivity contribution in [1.29, 1.82) is 0 Å². The molecule has 0 heterocycles. The third-order valence-electron chi connectivity index (χ3n) is 3.99. The zero-order valence-corrected chi connectivity index (χ0v) is 15.3. The molecule has 0 saturated heterocycles. The van der Waals surface area contributed by atoms with Crippen LogP contribution in [0.15, 0.2) is 54.6 Å². The van der Waals surface area contributed by atoms with Crippen molar-refractivity contribution in [3.63, 3.8) is 0 Å². The van der Waals surface area contributed by atoms with Gasteiger partial charge in [-0.3, -0.25) is 0 Å². The predicted molar refractivity (Wildman–Crippen MR) is 94.7 cm³/mol. The third kappa shape index (κ3) is 4.60. The van der Waals surface area contributed by atoms with Crippen LogP contribution in [-0.2, 0) is 4.74 Å². The van der Waals surface area contributed by atoms with Gasteiger partial charge in [0.2, 0.25) is 0 Å². The number of benzene rings is 2. The van der Waals surface area contributed by atoms with E-state index in [-0.39, 0.29) is 12.1 Å². The molecule has 2 aromatic rings. The molecule has 1 saturated carbocycles. The van der Waals surface area contributed by atoms with E-state index in [9.17, 15) is 4.79 Å². The zero-order valence-electron chi connectivity index (χ0n) is 12.8. The van der Waals surface area contributed by atoms with Gasteiger partial charge in [0, 0.05) is 0 Å². The van der Waals surface area contributed by atoms with Gasteiger partial charge in [-0.1, -0.05) is 0 Å². The molecule has 0 bridgehead atoms. The van der Waals surface area contributed by atoms with Crippen LogP contribution in [0.25, 0.3) is 0 Å². The van der Waals surface area contributed by atoms with Crippen molar-refractivity contribution in [2.75, 3.05) is 0 Å². The Labute approximate surface area is 148 Å². The molecule has 1 fully saturated rings. The number of halogens is 1. The fraction of sp³-hybridized carbons (Fsp3) is 0.316. The van der Waals surface area contributed by atoms with Gasteiger partial charge < -0.3 is 0 Å². The van der Waals surface area contributed by atoms with Crippen LogP contribution < -0.4 is 4.46 Å². The molecular formula is C19H19ClO2Se. The van der Waals surface area contributed by atoms with E-state index in [0.29, 0.717) is 30.4 Å². The average molecular weight is 394 g/mol. The van der Waals surface area contributed by atoms with E-state index in [0.717, 1.165) is 19.3 Å². The van der Waals surface area contributed by atoms with Crippen molar-refractivity contribution in [2.45, 2.75) is 36.6 Å². The molecule has 0 amide bonds. The monoisotopic (exact) mass is 394 g/mol. The van der Waals surface area contributed by atoms with Gasteiger partial charge in [0.05, 0.1) is 0 Å². The fourth-order valence-electron chi connectivity index (χ4n) is 2.83. The maximum atomic E-state index is 12.4. The van der Waals surface area contributed by atoms with Crippen LogP contribution >= 0.6 is 11.6 Å². The van der Waals surface area contributed by atoms with Crippen LogP contribution in [0.5, 0.6) is 0 Å². The first-order valence-corrected chi connectivity index (χ1v) is 10.1. The molecule has 0 N–H and O–H groups in total. The van der Waals surface area contributed by atoms with Crippen LogP contribution in [0, 0.1) is 0 Å². The summed E-state index contributed by atoms with van der Waals surface area (Å²) < 4.78 is 7.21. The molecule has 0 aromatic heterocycles. The first kappa shape index (κ1) is 16.6. The number of ether oxygens (including phenoxy) is 1. The van der Waals surface area contributed by atoms with Gasteiger partial charge in [-0.2, -0.15) is 0 Å². The van der Waals surface area contributed by atoms with Crippen molar-refractivity contribution in [3.8, 4) is 0 Å². The molecule has 1 aliphatic carbocycles. The maximum absolute atomic E-state index is 12.4. The van der Waals surface area contributed by atoms with E-state index in [4.69, 9.17) is 16.3 Å². The Balaban J connectivity index is 1.68. The Morgan fingerprint density at radius 1 is 1.04 bits per heavy atom.